The van der Waals surface area contributed by atoms with Crippen molar-refractivity contribution in [1.82, 2.24) is 15.2 Å². The van der Waals surface area contributed by atoms with Crippen molar-refractivity contribution >= 4 is 28.2 Å². The number of rotatable bonds is 6. The number of thiazole rings is 1. The number of hydrogen-bond donors (Lipinski definition) is 2. The van der Waals surface area contributed by atoms with E-state index in [2.05, 4.69) is 20.5 Å². The first kappa shape index (κ1) is 20.3. The number of nitrogens with zero attached hydrogens (tertiary/aromatic N) is 2. The molecule has 3 rings (SSSR count). The lowest BCUT2D eigenvalue weighted by molar-refractivity contribution is -0.122. The molecule has 1 amide bonds. The predicted molar refractivity (Wildman–Crippen MR) is 101 cm³/mol. The first-order valence-electron chi connectivity index (χ1n) is 9.44. The molecule has 2 heterocycles. The summed E-state index contributed by atoms with van der Waals surface area (Å²) in [5.74, 6) is -2.48. The van der Waals surface area contributed by atoms with Crippen molar-refractivity contribution in [1.29, 1.82) is 0 Å². The highest BCUT2D eigenvalue weighted by atomic mass is 32.1. The van der Waals surface area contributed by atoms with Crippen molar-refractivity contribution in [2.75, 3.05) is 31.5 Å². The number of piperazine rings is 1. The van der Waals surface area contributed by atoms with Gasteiger partial charge in [-0.3, -0.25) is 14.5 Å². The predicted octanol–water partition coefficient (Wildman–Crippen LogP) is 2.77. The number of hydrogen-bond acceptors (Lipinski definition) is 6. The zero-order valence-electron chi connectivity index (χ0n) is 15.5. The summed E-state index contributed by atoms with van der Waals surface area (Å²) in [7, 11) is 0. The van der Waals surface area contributed by atoms with Gasteiger partial charge < -0.3 is 10.6 Å². The zero-order chi connectivity index (χ0) is 19.4. The van der Waals surface area contributed by atoms with Gasteiger partial charge in [0.2, 0.25) is 11.8 Å². The average molecular weight is 400 g/mol. The second-order valence-corrected chi connectivity index (χ2v) is 8.29. The van der Waals surface area contributed by atoms with Crippen LogP contribution in [0.3, 0.4) is 0 Å². The SMILES string of the molecule is CC(=O)c1csc(NC(=O)[C@H]2CNCCN2CCC2CCC(F)(F)CC2)n1. The first-order valence-corrected chi connectivity index (χ1v) is 10.3. The highest BCUT2D eigenvalue weighted by Gasteiger charge is 2.35. The Labute approximate surface area is 161 Å². The molecule has 0 radical (unpaired) electrons. The van der Waals surface area contributed by atoms with Crippen LogP contribution in [0.2, 0.25) is 0 Å². The van der Waals surface area contributed by atoms with Crippen molar-refractivity contribution in [2.24, 2.45) is 5.92 Å². The van der Waals surface area contributed by atoms with E-state index in [1.807, 2.05) is 0 Å². The largest absolute Gasteiger partial charge is 0.313 e. The Hall–Kier alpha value is -1.45. The summed E-state index contributed by atoms with van der Waals surface area (Å²) in [6.45, 7) is 4.26. The highest BCUT2D eigenvalue weighted by molar-refractivity contribution is 7.14. The van der Waals surface area contributed by atoms with Gasteiger partial charge >= 0.3 is 0 Å². The van der Waals surface area contributed by atoms with E-state index in [1.54, 1.807) is 5.38 Å². The van der Waals surface area contributed by atoms with Crippen LogP contribution in [-0.2, 0) is 4.79 Å². The monoisotopic (exact) mass is 400 g/mol. The Balaban J connectivity index is 1.53. The second kappa shape index (κ2) is 8.70. The van der Waals surface area contributed by atoms with Crippen LogP contribution in [0.1, 0.15) is 49.5 Å². The smallest absolute Gasteiger partial charge is 0.248 e. The summed E-state index contributed by atoms with van der Waals surface area (Å²) in [5, 5.41) is 8.09. The van der Waals surface area contributed by atoms with Crippen molar-refractivity contribution in [3.05, 3.63) is 11.1 Å². The van der Waals surface area contributed by atoms with Crippen LogP contribution in [0, 0.1) is 5.92 Å². The second-order valence-electron chi connectivity index (χ2n) is 7.43. The molecule has 1 aliphatic carbocycles. The molecule has 9 heteroatoms. The fourth-order valence-corrected chi connectivity index (χ4v) is 4.44. The first-order chi connectivity index (χ1) is 12.8. The molecule has 150 valence electrons. The van der Waals surface area contributed by atoms with E-state index in [-0.39, 0.29) is 30.6 Å². The summed E-state index contributed by atoms with van der Waals surface area (Å²) in [4.78, 5) is 30.3. The summed E-state index contributed by atoms with van der Waals surface area (Å²) < 4.78 is 26.6. The van der Waals surface area contributed by atoms with Gasteiger partial charge in [0.1, 0.15) is 11.7 Å². The third-order valence-corrected chi connectivity index (χ3v) is 6.17. The summed E-state index contributed by atoms with van der Waals surface area (Å²) >= 11 is 1.23. The van der Waals surface area contributed by atoms with E-state index in [9.17, 15) is 18.4 Å². The molecule has 1 aromatic heterocycles. The number of carbonyl (C=O) groups is 2. The number of Topliss-reactive ketones (excluding diaryl/α,β-unsaturated/α-hetero) is 1. The fraction of sp³-hybridized carbons (Fsp3) is 0.722. The number of amides is 1. The molecule has 2 N–H and O–H groups in total. The van der Waals surface area contributed by atoms with Crippen molar-refractivity contribution in [2.45, 2.75) is 51.0 Å². The molecule has 2 aliphatic rings. The van der Waals surface area contributed by atoms with Gasteiger partial charge in [-0.1, -0.05) is 0 Å². The molecule has 0 unspecified atom stereocenters. The molecule has 0 bridgehead atoms. The van der Waals surface area contributed by atoms with Crippen molar-refractivity contribution < 1.29 is 18.4 Å². The van der Waals surface area contributed by atoms with E-state index in [1.165, 1.54) is 18.3 Å². The third kappa shape index (κ3) is 5.52. The minimum atomic E-state index is -2.50. The quantitative estimate of drug-likeness (QED) is 0.719. The van der Waals surface area contributed by atoms with Crippen LogP contribution in [-0.4, -0.2) is 59.7 Å². The number of ketones is 1. The average Bonchev–Trinajstić information content (AvgIpc) is 3.10. The molecule has 1 saturated carbocycles. The lowest BCUT2D eigenvalue weighted by Crippen LogP contribution is -2.56. The van der Waals surface area contributed by atoms with Crippen LogP contribution in [0.25, 0.3) is 0 Å². The van der Waals surface area contributed by atoms with E-state index < -0.39 is 5.92 Å². The molecule has 1 aliphatic heterocycles. The maximum atomic E-state index is 13.3. The molecule has 2 fully saturated rings. The molecule has 0 aromatic carbocycles. The normalized spacial score (nSPS) is 23.9. The Kier molecular flexibility index (Phi) is 6.54. The third-order valence-electron chi connectivity index (χ3n) is 5.41. The van der Waals surface area contributed by atoms with Crippen LogP contribution < -0.4 is 10.6 Å². The van der Waals surface area contributed by atoms with Gasteiger partial charge in [-0.05, 0) is 31.7 Å². The fourth-order valence-electron chi connectivity index (χ4n) is 3.69. The van der Waals surface area contributed by atoms with E-state index >= 15 is 0 Å². The summed E-state index contributed by atoms with van der Waals surface area (Å²) in [6.07, 6.45) is 1.91. The van der Waals surface area contributed by atoms with Gasteiger partial charge in [-0.2, -0.15) is 0 Å². The Bertz CT molecular complexity index is 672. The van der Waals surface area contributed by atoms with Crippen LogP contribution >= 0.6 is 11.3 Å². The zero-order valence-corrected chi connectivity index (χ0v) is 16.3. The minimum Gasteiger partial charge on any atom is -0.313 e. The Morgan fingerprint density at radius 2 is 2.15 bits per heavy atom. The van der Waals surface area contributed by atoms with Crippen LogP contribution in [0.5, 0.6) is 0 Å². The maximum absolute atomic E-state index is 13.3. The van der Waals surface area contributed by atoms with Gasteiger partial charge in [0.05, 0.1) is 0 Å². The van der Waals surface area contributed by atoms with Crippen molar-refractivity contribution in [3.8, 4) is 0 Å². The highest BCUT2D eigenvalue weighted by Crippen LogP contribution is 2.37. The standard InChI is InChI=1S/C18H26F2N4O2S/c1-12(25)14-11-27-17(22-14)23-16(26)15-10-21-7-9-24(15)8-4-13-2-5-18(19,20)6-3-13/h11,13,15,21H,2-10H2,1H3,(H,22,23,26)/t15-/m1/s1. The van der Waals surface area contributed by atoms with Gasteiger partial charge in [-0.25, -0.2) is 13.8 Å². The molecule has 1 atom stereocenters. The van der Waals surface area contributed by atoms with Crippen molar-refractivity contribution in [3.63, 3.8) is 0 Å². The van der Waals surface area contributed by atoms with Gasteiger partial charge in [0.25, 0.3) is 0 Å². The topological polar surface area (TPSA) is 74.3 Å². The van der Waals surface area contributed by atoms with Gasteiger partial charge in [0, 0.05) is 44.8 Å². The molecular formula is C18H26F2N4O2S. The molecule has 6 nitrogen and oxygen atoms in total. The van der Waals surface area contributed by atoms with E-state index in [0.717, 1.165) is 26.1 Å². The Morgan fingerprint density at radius 3 is 2.81 bits per heavy atom. The molecule has 1 aromatic rings. The molecule has 27 heavy (non-hydrogen) atoms. The molecule has 1 saturated heterocycles. The van der Waals surface area contributed by atoms with Crippen LogP contribution in [0.15, 0.2) is 5.38 Å². The number of nitrogens with one attached hydrogen (secondary N) is 2. The number of carbonyl (C=O) groups excluding carboxylic acids is 2. The number of alkyl halides is 2. The molecular weight excluding hydrogens is 374 g/mol. The lowest BCUT2D eigenvalue weighted by atomic mass is 9.84. The summed E-state index contributed by atoms with van der Waals surface area (Å²) in [5.41, 5.74) is 0.350. The van der Waals surface area contributed by atoms with E-state index in [4.69, 9.17) is 0 Å². The van der Waals surface area contributed by atoms with Crippen LogP contribution in [0.4, 0.5) is 13.9 Å². The minimum absolute atomic E-state index is 0.0222. The number of aromatic nitrogens is 1. The lowest BCUT2D eigenvalue weighted by Gasteiger charge is -2.36. The Morgan fingerprint density at radius 1 is 1.41 bits per heavy atom. The van der Waals surface area contributed by atoms with Gasteiger partial charge in [-0.15, -0.1) is 11.3 Å². The number of halogens is 2. The number of anilines is 1. The van der Waals surface area contributed by atoms with Gasteiger partial charge in [0.15, 0.2) is 10.9 Å². The summed E-state index contributed by atoms with van der Waals surface area (Å²) in [6, 6.07) is -0.326. The molecule has 0 spiro atoms. The van der Waals surface area contributed by atoms with E-state index in [0.29, 0.717) is 36.1 Å². The maximum Gasteiger partial charge on any atom is 0.248 e.